The van der Waals surface area contributed by atoms with Crippen molar-refractivity contribution in [3.8, 4) is 0 Å². The summed E-state index contributed by atoms with van der Waals surface area (Å²) in [5.41, 5.74) is 1.84. The summed E-state index contributed by atoms with van der Waals surface area (Å²) in [5, 5.41) is 3.26. The summed E-state index contributed by atoms with van der Waals surface area (Å²) in [6, 6.07) is 9.75. The molecule has 2 aromatic carbocycles. The van der Waals surface area contributed by atoms with Crippen molar-refractivity contribution in [1.82, 2.24) is 0 Å². The fourth-order valence-electron chi connectivity index (χ4n) is 1.71. The second kappa shape index (κ2) is 4.32. The van der Waals surface area contributed by atoms with Crippen LogP contribution in [0.15, 0.2) is 43.5 Å². The predicted molar refractivity (Wildman–Crippen MR) is 73.9 cm³/mol. The Kier molecular flexibility index (Phi) is 3.04. The van der Waals surface area contributed by atoms with Gasteiger partial charge < -0.3 is 0 Å². The molecule has 0 saturated heterocycles. The van der Waals surface area contributed by atoms with Gasteiger partial charge in [-0.1, -0.05) is 54.6 Å². The third-order valence-electron chi connectivity index (χ3n) is 2.51. The maximum atomic E-state index is 6.13. The van der Waals surface area contributed by atoms with Gasteiger partial charge in [0.1, 0.15) is 0 Å². The Labute approximate surface area is 105 Å². The zero-order chi connectivity index (χ0) is 11.7. The fourth-order valence-corrected chi connectivity index (χ4v) is 2.11. The van der Waals surface area contributed by atoms with Crippen molar-refractivity contribution < 1.29 is 0 Å². The molecule has 0 atom stereocenters. The van der Waals surface area contributed by atoms with Crippen LogP contribution in [0.2, 0.25) is 5.02 Å². The second-order valence-electron chi connectivity index (χ2n) is 3.51. The number of hydrogen-bond donors (Lipinski definition) is 0. The van der Waals surface area contributed by atoms with E-state index in [-0.39, 0.29) is 0 Å². The summed E-state index contributed by atoms with van der Waals surface area (Å²) in [7, 11) is 0. The molecule has 0 aliphatic carbocycles. The summed E-state index contributed by atoms with van der Waals surface area (Å²) in [6.07, 6.45) is 1.77. The van der Waals surface area contributed by atoms with Crippen molar-refractivity contribution in [2.45, 2.75) is 0 Å². The molecule has 0 spiro atoms. The van der Waals surface area contributed by atoms with Crippen LogP contribution in [-0.4, -0.2) is 0 Å². The Morgan fingerprint density at radius 1 is 1.25 bits per heavy atom. The van der Waals surface area contributed by atoms with Crippen LogP contribution < -0.4 is 0 Å². The number of hydrogen-bond acceptors (Lipinski definition) is 0. The van der Waals surface area contributed by atoms with Crippen LogP contribution in [-0.2, 0) is 0 Å². The van der Waals surface area contributed by atoms with Gasteiger partial charge in [-0.05, 0) is 29.1 Å². The van der Waals surface area contributed by atoms with Gasteiger partial charge in [-0.25, -0.2) is 0 Å². The van der Waals surface area contributed by atoms with Crippen molar-refractivity contribution in [3.05, 3.63) is 59.6 Å². The van der Waals surface area contributed by atoms with Crippen LogP contribution in [0.4, 0.5) is 0 Å². The molecule has 0 saturated carbocycles. The van der Waals surface area contributed by atoms with E-state index in [0.29, 0.717) is 10.1 Å². The van der Waals surface area contributed by atoms with Gasteiger partial charge in [-0.15, -0.1) is 0 Å². The molecular weight excluding hydrogens is 239 g/mol. The summed E-state index contributed by atoms with van der Waals surface area (Å²) in [6.45, 7) is 7.52. The highest BCUT2D eigenvalue weighted by atomic mass is 35.5. The molecule has 0 aromatic heterocycles. The lowest BCUT2D eigenvalue weighted by atomic mass is 10.0. The highest BCUT2D eigenvalue weighted by Gasteiger charge is 2.06. The SMILES string of the molecule is C=Cc1cc2cccc(Cl)c2cc1C(=C)Cl. The molecule has 2 heteroatoms. The van der Waals surface area contributed by atoms with Crippen LogP contribution in [0.3, 0.4) is 0 Å². The van der Waals surface area contributed by atoms with E-state index in [2.05, 4.69) is 13.2 Å². The Balaban J connectivity index is 2.86. The van der Waals surface area contributed by atoms with E-state index in [1.807, 2.05) is 30.3 Å². The summed E-state index contributed by atoms with van der Waals surface area (Å²) >= 11 is 12.1. The second-order valence-corrected chi connectivity index (χ2v) is 4.37. The fraction of sp³-hybridized carbons (Fsp3) is 0. The van der Waals surface area contributed by atoms with Crippen molar-refractivity contribution in [2.75, 3.05) is 0 Å². The standard InChI is InChI=1S/C14H10Cl2/c1-3-10-7-11-5-4-6-14(16)13(11)8-12(10)9(2)15/h3-8H,1-2H2. The molecule has 0 radical (unpaired) electrons. The topological polar surface area (TPSA) is 0 Å². The average molecular weight is 249 g/mol. The van der Waals surface area contributed by atoms with Crippen molar-refractivity contribution in [3.63, 3.8) is 0 Å². The Morgan fingerprint density at radius 3 is 2.62 bits per heavy atom. The van der Waals surface area contributed by atoms with Crippen LogP contribution >= 0.6 is 23.2 Å². The zero-order valence-electron chi connectivity index (χ0n) is 8.63. The van der Waals surface area contributed by atoms with E-state index in [0.717, 1.165) is 21.9 Å². The lowest BCUT2D eigenvalue weighted by molar-refractivity contribution is 1.66. The number of rotatable bonds is 2. The third-order valence-corrected chi connectivity index (χ3v) is 3.04. The van der Waals surface area contributed by atoms with E-state index in [1.165, 1.54) is 0 Å². The van der Waals surface area contributed by atoms with Crippen LogP contribution in [0.25, 0.3) is 21.9 Å². The first kappa shape index (κ1) is 11.3. The van der Waals surface area contributed by atoms with Crippen LogP contribution in [0.1, 0.15) is 11.1 Å². The normalized spacial score (nSPS) is 10.4. The Hall–Kier alpha value is -1.24. The molecule has 0 N–H and O–H groups in total. The number of fused-ring (bicyclic) bond motifs is 1. The van der Waals surface area contributed by atoms with Gasteiger partial charge in [0.15, 0.2) is 0 Å². The van der Waals surface area contributed by atoms with Gasteiger partial charge in [-0.2, -0.15) is 0 Å². The summed E-state index contributed by atoms with van der Waals surface area (Å²) in [5.74, 6) is 0. The number of halogens is 2. The monoisotopic (exact) mass is 248 g/mol. The van der Waals surface area contributed by atoms with E-state index >= 15 is 0 Å². The molecule has 0 aliphatic heterocycles. The largest absolute Gasteiger partial charge is 0.0984 e. The maximum Gasteiger partial charge on any atom is 0.0484 e. The third kappa shape index (κ3) is 1.87. The van der Waals surface area contributed by atoms with Crippen molar-refractivity contribution in [1.29, 1.82) is 0 Å². The molecule has 0 fully saturated rings. The smallest absolute Gasteiger partial charge is 0.0484 e. The first-order valence-electron chi connectivity index (χ1n) is 4.83. The van der Waals surface area contributed by atoms with Gasteiger partial charge in [0, 0.05) is 21.0 Å². The van der Waals surface area contributed by atoms with Crippen LogP contribution in [0.5, 0.6) is 0 Å². The van der Waals surface area contributed by atoms with Crippen LogP contribution in [0, 0.1) is 0 Å². The molecule has 0 nitrogen and oxygen atoms in total. The minimum Gasteiger partial charge on any atom is -0.0984 e. The lowest BCUT2D eigenvalue weighted by Gasteiger charge is -2.08. The highest BCUT2D eigenvalue weighted by molar-refractivity contribution is 6.48. The molecule has 0 aliphatic rings. The highest BCUT2D eigenvalue weighted by Crippen LogP contribution is 2.31. The molecule has 16 heavy (non-hydrogen) atoms. The minimum absolute atomic E-state index is 0.497. The summed E-state index contributed by atoms with van der Waals surface area (Å²) in [4.78, 5) is 0. The minimum atomic E-state index is 0.497. The molecule has 0 bridgehead atoms. The van der Waals surface area contributed by atoms with Gasteiger partial charge in [0.2, 0.25) is 0 Å². The Bertz CT molecular complexity index is 583. The van der Waals surface area contributed by atoms with Gasteiger partial charge in [0.05, 0.1) is 0 Å². The number of benzene rings is 2. The molecule has 80 valence electrons. The lowest BCUT2D eigenvalue weighted by Crippen LogP contribution is -1.85. The predicted octanol–water partition coefficient (Wildman–Crippen LogP) is 5.35. The van der Waals surface area contributed by atoms with E-state index in [1.54, 1.807) is 6.08 Å². The molecular formula is C14H10Cl2. The first-order chi connectivity index (χ1) is 7.63. The van der Waals surface area contributed by atoms with Crippen molar-refractivity contribution in [2.24, 2.45) is 0 Å². The maximum absolute atomic E-state index is 6.13. The first-order valence-corrected chi connectivity index (χ1v) is 5.58. The Morgan fingerprint density at radius 2 is 2.00 bits per heavy atom. The van der Waals surface area contributed by atoms with E-state index in [9.17, 15) is 0 Å². The molecule has 0 amide bonds. The molecule has 2 rings (SSSR count). The molecule has 0 heterocycles. The van der Waals surface area contributed by atoms with Gasteiger partial charge >= 0.3 is 0 Å². The van der Waals surface area contributed by atoms with E-state index in [4.69, 9.17) is 23.2 Å². The van der Waals surface area contributed by atoms with E-state index < -0.39 is 0 Å². The summed E-state index contributed by atoms with van der Waals surface area (Å²) < 4.78 is 0. The zero-order valence-corrected chi connectivity index (χ0v) is 10.1. The van der Waals surface area contributed by atoms with Gasteiger partial charge in [0.25, 0.3) is 0 Å². The average Bonchev–Trinajstić information content (AvgIpc) is 2.27. The van der Waals surface area contributed by atoms with Gasteiger partial charge in [-0.3, -0.25) is 0 Å². The van der Waals surface area contributed by atoms with Crippen molar-refractivity contribution >= 4 is 45.1 Å². The molecule has 0 unspecified atom stereocenters. The molecule has 2 aromatic rings. The quantitative estimate of drug-likeness (QED) is 0.673.